The first kappa shape index (κ1) is 12.9. The number of hydrogen-bond donors (Lipinski definition) is 2. The lowest BCUT2D eigenvalue weighted by Gasteiger charge is -2.04. The first-order chi connectivity index (χ1) is 10.4. The van der Waals surface area contributed by atoms with Crippen LogP contribution < -0.4 is 5.32 Å². The largest absolute Gasteiger partial charge is 0.333 e. The molecule has 1 heterocycles. The number of rotatable bonds is 5. The normalized spacial score (nSPS) is 14.7. The molecule has 1 fully saturated rings. The lowest BCUT2D eigenvalue weighted by molar-refractivity contribution is 0.687. The first-order valence-corrected chi connectivity index (χ1v) is 8.13. The van der Waals surface area contributed by atoms with Crippen molar-refractivity contribution in [2.75, 3.05) is 0 Å². The Morgan fingerprint density at radius 1 is 1.10 bits per heavy atom. The van der Waals surface area contributed by atoms with Crippen LogP contribution in [0.15, 0.2) is 58.6 Å². The fraction of sp³-hybridized carbons (Fsp3) is 0.235. The molecule has 21 heavy (non-hydrogen) atoms. The van der Waals surface area contributed by atoms with Gasteiger partial charge >= 0.3 is 0 Å². The van der Waals surface area contributed by atoms with Crippen LogP contribution >= 0.6 is 11.8 Å². The van der Waals surface area contributed by atoms with Crippen LogP contribution in [-0.4, -0.2) is 16.0 Å². The Kier molecular flexibility index (Phi) is 3.41. The highest BCUT2D eigenvalue weighted by molar-refractivity contribution is 7.99. The summed E-state index contributed by atoms with van der Waals surface area (Å²) in [7, 11) is 0. The van der Waals surface area contributed by atoms with Gasteiger partial charge in [-0.2, -0.15) is 0 Å². The topological polar surface area (TPSA) is 40.7 Å². The number of para-hydroxylation sites is 2. The van der Waals surface area contributed by atoms with Gasteiger partial charge in [-0.05, 0) is 42.7 Å². The van der Waals surface area contributed by atoms with E-state index in [2.05, 4.69) is 45.6 Å². The van der Waals surface area contributed by atoms with Crippen LogP contribution in [0.3, 0.4) is 0 Å². The number of benzene rings is 2. The van der Waals surface area contributed by atoms with E-state index in [0.29, 0.717) is 0 Å². The zero-order valence-corrected chi connectivity index (χ0v) is 12.5. The molecule has 1 aliphatic carbocycles. The van der Waals surface area contributed by atoms with Crippen LogP contribution in [0.1, 0.15) is 18.4 Å². The van der Waals surface area contributed by atoms with Gasteiger partial charge in [-0.3, -0.25) is 0 Å². The molecule has 0 atom stereocenters. The molecule has 2 aromatic carbocycles. The maximum atomic E-state index is 4.59. The van der Waals surface area contributed by atoms with E-state index in [1.807, 2.05) is 18.2 Å². The average molecular weight is 295 g/mol. The molecule has 4 rings (SSSR count). The van der Waals surface area contributed by atoms with E-state index in [0.717, 1.165) is 28.8 Å². The number of nitrogens with zero attached hydrogens (tertiary/aromatic N) is 1. The molecule has 1 aliphatic rings. The summed E-state index contributed by atoms with van der Waals surface area (Å²) >= 11 is 1.67. The lowest BCUT2D eigenvalue weighted by Crippen LogP contribution is -2.14. The van der Waals surface area contributed by atoms with Gasteiger partial charge in [0, 0.05) is 17.5 Å². The number of aromatic amines is 1. The molecule has 0 saturated heterocycles. The summed E-state index contributed by atoms with van der Waals surface area (Å²) in [6.07, 6.45) is 2.67. The highest BCUT2D eigenvalue weighted by Crippen LogP contribution is 2.27. The Bertz CT molecular complexity index is 711. The van der Waals surface area contributed by atoms with Gasteiger partial charge in [0.2, 0.25) is 0 Å². The predicted octanol–water partition coefficient (Wildman–Crippen LogP) is 3.97. The molecule has 0 radical (unpaired) electrons. The second-order valence-electron chi connectivity index (χ2n) is 5.46. The molecule has 0 unspecified atom stereocenters. The number of H-pyrrole nitrogens is 1. The van der Waals surface area contributed by atoms with E-state index < -0.39 is 0 Å². The zero-order valence-electron chi connectivity index (χ0n) is 11.7. The number of hydrogen-bond acceptors (Lipinski definition) is 3. The molecule has 2 N–H and O–H groups in total. The molecule has 0 bridgehead atoms. The molecule has 0 amide bonds. The molecule has 3 nitrogen and oxygen atoms in total. The minimum absolute atomic E-state index is 0.759. The lowest BCUT2D eigenvalue weighted by atomic mass is 10.2. The summed E-state index contributed by atoms with van der Waals surface area (Å²) in [6, 6.07) is 17.6. The smallest absolute Gasteiger partial charge is 0.171 e. The minimum Gasteiger partial charge on any atom is -0.333 e. The highest BCUT2D eigenvalue weighted by atomic mass is 32.2. The molecule has 106 valence electrons. The standard InChI is InChI=1S/C17H17N3S/c1-2-4-16-15(3-1)19-17(20-16)21-14-9-5-12(6-10-14)11-18-13-7-8-13/h1-6,9-10,13,18H,7-8,11H2,(H,19,20). The Hall–Kier alpha value is -1.78. The first-order valence-electron chi connectivity index (χ1n) is 7.32. The maximum Gasteiger partial charge on any atom is 0.171 e. The minimum atomic E-state index is 0.759. The molecule has 1 aromatic heterocycles. The van der Waals surface area contributed by atoms with Gasteiger partial charge in [0.25, 0.3) is 0 Å². The van der Waals surface area contributed by atoms with Crippen molar-refractivity contribution >= 4 is 22.8 Å². The van der Waals surface area contributed by atoms with E-state index in [4.69, 9.17) is 0 Å². The van der Waals surface area contributed by atoms with Crippen LogP contribution in [0.2, 0.25) is 0 Å². The van der Waals surface area contributed by atoms with Gasteiger partial charge in [-0.25, -0.2) is 4.98 Å². The molecule has 1 saturated carbocycles. The second-order valence-corrected chi connectivity index (χ2v) is 6.52. The van der Waals surface area contributed by atoms with E-state index in [1.165, 1.54) is 23.3 Å². The molecular formula is C17H17N3S. The van der Waals surface area contributed by atoms with Crippen molar-refractivity contribution in [2.24, 2.45) is 0 Å². The van der Waals surface area contributed by atoms with Crippen molar-refractivity contribution in [2.45, 2.75) is 35.5 Å². The van der Waals surface area contributed by atoms with Crippen molar-refractivity contribution in [3.05, 3.63) is 54.1 Å². The molecule has 3 aromatic rings. The van der Waals surface area contributed by atoms with E-state index >= 15 is 0 Å². The van der Waals surface area contributed by atoms with Crippen LogP contribution in [0.4, 0.5) is 0 Å². The number of nitrogens with one attached hydrogen (secondary N) is 2. The third-order valence-corrected chi connectivity index (χ3v) is 4.57. The maximum absolute atomic E-state index is 4.59. The van der Waals surface area contributed by atoms with Crippen molar-refractivity contribution in [3.8, 4) is 0 Å². The van der Waals surface area contributed by atoms with Crippen molar-refractivity contribution < 1.29 is 0 Å². The molecular weight excluding hydrogens is 278 g/mol. The fourth-order valence-corrected chi connectivity index (χ4v) is 3.11. The summed E-state index contributed by atoms with van der Waals surface area (Å²) in [6.45, 7) is 0.972. The van der Waals surface area contributed by atoms with Gasteiger partial charge in [0.05, 0.1) is 11.0 Å². The third-order valence-electron chi connectivity index (χ3n) is 3.68. The van der Waals surface area contributed by atoms with E-state index in [9.17, 15) is 0 Å². The van der Waals surface area contributed by atoms with Gasteiger partial charge in [0.15, 0.2) is 5.16 Å². The zero-order chi connectivity index (χ0) is 14.1. The van der Waals surface area contributed by atoms with Gasteiger partial charge in [-0.15, -0.1) is 0 Å². The van der Waals surface area contributed by atoms with Crippen LogP contribution in [0, 0.1) is 0 Å². The van der Waals surface area contributed by atoms with Crippen molar-refractivity contribution in [3.63, 3.8) is 0 Å². The van der Waals surface area contributed by atoms with Crippen LogP contribution in [0.25, 0.3) is 11.0 Å². The quantitative estimate of drug-likeness (QED) is 0.748. The van der Waals surface area contributed by atoms with Crippen LogP contribution in [0.5, 0.6) is 0 Å². The Morgan fingerprint density at radius 3 is 2.67 bits per heavy atom. The predicted molar refractivity (Wildman–Crippen MR) is 86.5 cm³/mol. The van der Waals surface area contributed by atoms with Gasteiger partial charge < -0.3 is 10.3 Å². The summed E-state index contributed by atoms with van der Waals surface area (Å²) < 4.78 is 0. The van der Waals surface area contributed by atoms with Gasteiger partial charge in [-0.1, -0.05) is 36.0 Å². The average Bonchev–Trinajstić information content (AvgIpc) is 3.25. The molecule has 4 heteroatoms. The SMILES string of the molecule is c1ccc2[nH]c(Sc3ccc(CNC4CC4)cc3)nc2c1. The van der Waals surface area contributed by atoms with Crippen molar-refractivity contribution in [1.82, 2.24) is 15.3 Å². The van der Waals surface area contributed by atoms with Crippen molar-refractivity contribution in [1.29, 1.82) is 0 Å². The van der Waals surface area contributed by atoms with E-state index in [-0.39, 0.29) is 0 Å². The Labute approximate surface area is 128 Å². The Morgan fingerprint density at radius 2 is 1.90 bits per heavy atom. The summed E-state index contributed by atoms with van der Waals surface area (Å²) in [5.41, 5.74) is 3.45. The van der Waals surface area contributed by atoms with Gasteiger partial charge in [0.1, 0.15) is 0 Å². The van der Waals surface area contributed by atoms with E-state index in [1.54, 1.807) is 11.8 Å². The fourth-order valence-electron chi connectivity index (χ4n) is 2.31. The third kappa shape index (κ3) is 3.12. The highest BCUT2D eigenvalue weighted by Gasteiger charge is 2.19. The molecule has 0 aliphatic heterocycles. The number of fused-ring (bicyclic) bond motifs is 1. The summed E-state index contributed by atoms with van der Waals surface area (Å²) in [5.74, 6) is 0. The van der Waals surface area contributed by atoms with Crippen LogP contribution in [-0.2, 0) is 6.54 Å². The number of aromatic nitrogens is 2. The Balaban J connectivity index is 1.45. The summed E-state index contributed by atoms with van der Waals surface area (Å²) in [4.78, 5) is 9.15. The summed E-state index contributed by atoms with van der Waals surface area (Å²) in [5, 5.41) is 4.48. The monoisotopic (exact) mass is 295 g/mol. The number of imidazole rings is 1. The second kappa shape index (κ2) is 5.54. The molecule has 0 spiro atoms.